The van der Waals surface area contributed by atoms with Gasteiger partial charge in [0.2, 0.25) is 0 Å². The highest BCUT2D eigenvalue weighted by Crippen LogP contribution is 2.36. The average Bonchev–Trinajstić information content (AvgIpc) is 3.03. The molecule has 0 radical (unpaired) electrons. The van der Waals surface area contributed by atoms with Gasteiger partial charge in [-0.05, 0) is 24.8 Å². The van der Waals surface area contributed by atoms with E-state index in [1.54, 1.807) is 11.3 Å². The minimum atomic E-state index is 0.404. The van der Waals surface area contributed by atoms with E-state index in [0.717, 1.165) is 32.7 Å². The van der Waals surface area contributed by atoms with Gasteiger partial charge in [0.25, 0.3) is 0 Å². The van der Waals surface area contributed by atoms with Gasteiger partial charge in [0.15, 0.2) is 5.13 Å². The zero-order valence-electron chi connectivity index (χ0n) is 12.3. The van der Waals surface area contributed by atoms with Crippen LogP contribution in [0.25, 0.3) is 0 Å². The lowest BCUT2D eigenvalue weighted by molar-refractivity contribution is 0.107. The molecule has 2 fully saturated rings. The monoisotopic (exact) mass is 294 g/mol. The molecular formula is C15H26N4S. The maximum absolute atomic E-state index is 6.11. The van der Waals surface area contributed by atoms with Gasteiger partial charge in [0, 0.05) is 44.3 Å². The van der Waals surface area contributed by atoms with Gasteiger partial charge in [0.1, 0.15) is 0 Å². The van der Waals surface area contributed by atoms with Crippen molar-refractivity contribution in [2.24, 2.45) is 11.1 Å². The van der Waals surface area contributed by atoms with Gasteiger partial charge in [0.05, 0.1) is 0 Å². The molecule has 1 aliphatic heterocycles. The summed E-state index contributed by atoms with van der Waals surface area (Å²) in [5.41, 5.74) is 6.52. The zero-order valence-corrected chi connectivity index (χ0v) is 13.1. The van der Waals surface area contributed by atoms with E-state index in [-0.39, 0.29) is 0 Å². The summed E-state index contributed by atoms with van der Waals surface area (Å²) in [6, 6.07) is 0. The maximum atomic E-state index is 6.11. The van der Waals surface area contributed by atoms with Gasteiger partial charge >= 0.3 is 0 Å². The van der Waals surface area contributed by atoms with Gasteiger partial charge in [-0.2, -0.15) is 0 Å². The zero-order chi connectivity index (χ0) is 13.8. The van der Waals surface area contributed by atoms with E-state index in [1.165, 1.54) is 43.8 Å². The van der Waals surface area contributed by atoms with Crippen molar-refractivity contribution >= 4 is 16.5 Å². The second kappa shape index (κ2) is 6.41. The third-order valence-electron chi connectivity index (χ3n) is 4.97. The summed E-state index contributed by atoms with van der Waals surface area (Å²) in [5, 5.41) is 3.24. The number of nitrogens with zero attached hydrogens (tertiary/aromatic N) is 3. The summed E-state index contributed by atoms with van der Waals surface area (Å²) in [5.74, 6) is 0. The average molecular weight is 294 g/mol. The lowest BCUT2D eigenvalue weighted by atomic mass is 9.73. The van der Waals surface area contributed by atoms with Crippen LogP contribution in [0.3, 0.4) is 0 Å². The molecule has 3 rings (SSSR count). The molecule has 1 saturated heterocycles. The highest BCUT2D eigenvalue weighted by molar-refractivity contribution is 7.13. The summed E-state index contributed by atoms with van der Waals surface area (Å²) in [6.07, 6.45) is 8.70. The van der Waals surface area contributed by atoms with Gasteiger partial charge in [-0.15, -0.1) is 11.3 Å². The van der Waals surface area contributed by atoms with E-state index in [1.807, 2.05) is 6.20 Å². The molecule has 20 heavy (non-hydrogen) atoms. The van der Waals surface area contributed by atoms with Crippen LogP contribution >= 0.6 is 11.3 Å². The summed E-state index contributed by atoms with van der Waals surface area (Å²) in [4.78, 5) is 9.46. The van der Waals surface area contributed by atoms with Gasteiger partial charge in [-0.25, -0.2) is 4.98 Å². The Morgan fingerprint density at radius 2 is 1.90 bits per heavy atom. The summed E-state index contributed by atoms with van der Waals surface area (Å²) >= 11 is 1.75. The van der Waals surface area contributed by atoms with E-state index < -0.39 is 0 Å². The summed E-state index contributed by atoms with van der Waals surface area (Å²) in [6.45, 7) is 6.58. The molecule has 2 N–H and O–H groups in total. The first-order valence-electron chi connectivity index (χ1n) is 7.88. The second-order valence-corrected chi connectivity index (χ2v) is 7.22. The first-order chi connectivity index (χ1) is 9.81. The highest BCUT2D eigenvalue weighted by Gasteiger charge is 2.33. The number of rotatable bonds is 4. The number of nitrogens with two attached hydrogens (primary N) is 1. The second-order valence-electron chi connectivity index (χ2n) is 6.34. The van der Waals surface area contributed by atoms with Crippen LogP contribution in [-0.2, 0) is 0 Å². The largest absolute Gasteiger partial charge is 0.346 e. The third kappa shape index (κ3) is 3.15. The fourth-order valence-corrected chi connectivity index (χ4v) is 4.37. The molecule has 0 bridgehead atoms. The summed E-state index contributed by atoms with van der Waals surface area (Å²) in [7, 11) is 0. The van der Waals surface area contributed by atoms with Crippen molar-refractivity contribution in [3.05, 3.63) is 11.6 Å². The Morgan fingerprint density at radius 3 is 2.50 bits per heavy atom. The molecule has 0 aromatic carbocycles. The van der Waals surface area contributed by atoms with Crippen LogP contribution in [0.5, 0.6) is 0 Å². The van der Waals surface area contributed by atoms with Crippen LogP contribution in [-0.4, -0.2) is 49.2 Å². The molecule has 1 saturated carbocycles. The van der Waals surface area contributed by atoms with Gasteiger partial charge in [-0.3, -0.25) is 4.90 Å². The fourth-order valence-electron chi connectivity index (χ4n) is 3.67. The molecule has 2 heterocycles. The standard InChI is InChI=1S/C15H26N4S/c16-12-15(4-2-1-3-5-15)13-18-7-9-19(10-8-18)14-17-6-11-20-14/h6,11H,1-5,7-10,12-13,16H2. The predicted molar refractivity (Wildman–Crippen MR) is 85.3 cm³/mol. The van der Waals surface area contributed by atoms with Crippen molar-refractivity contribution in [1.29, 1.82) is 0 Å². The Hall–Kier alpha value is -0.650. The predicted octanol–water partition coefficient (Wildman–Crippen LogP) is 2.17. The van der Waals surface area contributed by atoms with Crippen LogP contribution in [0.4, 0.5) is 5.13 Å². The number of piperazine rings is 1. The van der Waals surface area contributed by atoms with Crippen molar-refractivity contribution in [3.8, 4) is 0 Å². The Morgan fingerprint density at radius 1 is 1.15 bits per heavy atom. The van der Waals surface area contributed by atoms with Crippen molar-refractivity contribution in [2.75, 3.05) is 44.2 Å². The van der Waals surface area contributed by atoms with Crippen molar-refractivity contribution in [1.82, 2.24) is 9.88 Å². The molecule has 1 aliphatic carbocycles. The molecule has 0 atom stereocenters. The molecule has 1 aromatic rings. The Kier molecular flexibility index (Phi) is 4.58. The highest BCUT2D eigenvalue weighted by atomic mass is 32.1. The van der Waals surface area contributed by atoms with Gasteiger partial charge in [-0.1, -0.05) is 19.3 Å². The van der Waals surface area contributed by atoms with Gasteiger partial charge < -0.3 is 10.6 Å². The Bertz CT molecular complexity index is 392. The normalized spacial score (nSPS) is 23.9. The quantitative estimate of drug-likeness (QED) is 0.924. The minimum absolute atomic E-state index is 0.404. The molecule has 0 unspecified atom stereocenters. The first-order valence-corrected chi connectivity index (χ1v) is 8.76. The van der Waals surface area contributed by atoms with E-state index in [0.29, 0.717) is 5.41 Å². The lowest BCUT2D eigenvalue weighted by Crippen LogP contribution is -2.52. The SMILES string of the molecule is NCC1(CN2CCN(c3nccs3)CC2)CCCCC1. The van der Waals surface area contributed by atoms with Crippen LogP contribution < -0.4 is 10.6 Å². The minimum Gasteiger partial charge on any atom is -0.346 e. The molecule has 112 valence electrons. The number of hydrogen-bond donors (Lipinski definition) is 1. The van der Waals surface area contributed by atoms with Crippen molar-refractivity contribution in [2.45, 2.75) is 32.1 Å². The number of hydrogen-bond acceptors (Lipinski definition) is 5. The molecule has 2 aliphatic rings. The molecule has 4 nitrogen and oxygen atoms in total. The number of anilines is 1. The smallest absolute Gasteiger partial charge is 0.185 e. The molecule has 0 amide bonds. The van der Waals surface area contributed by atoms with E-state index >= 15 is 0 Å². The lowest BCUT2D eigenvalue weighted by Gasteiger charge is -2.43. The fraction of sp³-hybridized carbons (Fsp3) is 0.800. The number of aromatic nitrogens is 1. The number of thiazole rings is 1. The topological polar surface area (TPSA) is 45.4 Å². The molecule has 0 spiro atoms. The third-order valence-corrected chi connectivity index (χ3v) is 5.80. The van der Waals surface area contributed by atoms with E-state index in [4.69, 9.17) is 5.73 Å². The van der Waals surface area contributed by atoms with Crippen LogP contribution in [0.15, 0.2) is 11.6 Å². The summed E-state index contributed by atoms with van der Waals surface area (Å²) < 4.78 is 0. The van der Waals surface area contributed by atoms with Crippen LogP contribution in [0.1, 0.15) is 32.1 Å². The van der Waals surface area contributed by atoms with Crippen LogP contribution in [0, 0.1) is 5.41 Å². The van der Waals surface area contributed by atoms with E-state index in [9.17, 15) is 0 Å². The van der Waals surface area contributed by atoms with E-state index in [2.05, 4.69) is 20.2 Å². The molecule has 5 heteroatoms. The van der Waals surface area contributed by atoms with Crippen LogP contribution in [0.2, 0.25) is 0 Å². The molecule has 1 aromatic heterocycles. The van der Waals surface area contributed by atoms with Crippen molar-refractivity contribution < 1.29 is 0 Å². The maximum Gasteiger partial charge on any atom is 0.185 e. The van der Waals surface area contributed by atoms with Crippen molar-refractivity contribution in [3.63, 3.8) is 0 Å². The molecular weight excluding hydrogens is 268 g/mol. The first kappa shape index (κ1) is 14.3. The Balaban J connectivity index is 1.53. The Labute approximate surface area is 126 Å².